The Morgan fingerprint density at radius 3 is 2.88 bits per heavy atom. The van der Waals surface area contributed by atoms with Gasteiger partial charge in [0.15, 0.2) is 0 Å². The summed E-state index contributed by atoms with van der Waals surface area (Å²) in [5, 5.41) is 4.03. The van der Waals surface area contributed by atoms with Crippen molar-refractivity contribution in [3.8, 4) is 0 Å². The zero-order valence-electron chi connectivity index (χ0n) is 9.81. The summed E-state index contributed by atoms with van der Waals surface area (Å²) in [6.07, 6.45) is 5.07. The second-order valence-electron chi connectivity index (χ2n) is 4.44. The Kier molecular flexibility index (Phi) is 2.52. The number of aliphatic imine (C=N–C) groups is 1. The van der Waals surface area contributed by atoms with E-state index in [1.165, 1.54) is 17.5 Å². The zero-order chi connectivity index (χ0) is 11.7. The molecule has 0 aliphatic heterocycles. The molecule has 0 spiro atoms. The molecule has 3 nitrogen and oxygen atoms in total. The fourth-order valence-electron chi connectivity index (χ4n) is 2.10. The average Bonchev–Trinajstić information content (AvgIpc) is 2.91. The Hall–Kier alpha value is -1.90. The maximum atomic E-state index is 5.24. The van der Waals surface area contributed by atoms with E-state index in [0.29, 0.717) is 5.88 Å². The lowest BCUT2D eigenvalue weighted by Crippen LogP contribution is -1.81. The van der Waals surface area contributed by atoms with E-state index < -0.39 is 0 Å². The van der Waals surface area contributed by atoms with Crippen molar-refractivity contribution < 1.29 is 4.52 Å². The van der Waals surface area contributed by atoms with Crippen LogP contribution in [-0.2, 0) is 12.8 Å². The van der Waals surface area contributed by atoms with Crippen LogP contribution >= 0.6 is 0 Å². The Labute approximate surface area is 100 Å². The van der Waals surface area contributed by atoms with E-state index >= 15 is 0 Å². The third kappa shape index (κ3) is 2.00. The van der Waals surface area contributed by atoms with Crippen LogP contribution in [0.3, 0.4) is 0 Å². The van der Waals surface area contributed by atoms with E-state index in [1.807, 2.05) is 6.21 Å². The molecule has 0 atom stereocenters. The van der Waals surface area contributed by atoms with Gasteiger partial charge in [0.1, 0.15) is 0 Å². The largest absolute Gasteiger partial charge is 0.336 e. The molecule has 1 aromatic carbocycles. The Bertz CT molecular complexity index is 552. The van der Waals surface area contributed by atoms with E-state index in [9.17, 15) is 0 Å². The van der Waals surface area contributed by atoms with Gasteiger partial charge in [-0.15, -0.1) is 0 Å². The van der Waals surface area contributed by atoms with E-state index in [-0.39, 0.29) is 0 Å². The lowest BCUT2D eigenvalue weighted by Gasteiger charge is -1.94. The summed E-state index contributed by atoms with van der Waals surface area (Å²) in [5.74, 6) is 0.679. The molecule has 2 aromatic rings. The molecule has 1 aromatic heterocycles. The highest BCUT2D eigenvalue weighted by Gasteiger charge is 2.20. The molecule has 0 N–H and O–H groups in total. The minimum atomic E-state index is 0.679. The van der Waals surface area contributed by atoms with E-state index in [4.69, 9.17) is 4.52 Å². The zero-order valence-corrected chi connectivity index (χ0v) is 9.81. The normalized spacial score (nSPS) is 14.4. The van der Waals surface area contributed by atoms with Gasteiger partial charge in [0.25, 0.3) is 5.88 Å². The second kappa shape index (κ2) is 4.17. The third-order valence-electron chi connectivity index (χ3n) is 3.10. The van der Waals surface area contributed by atoms with Gasteiger partial charge in [-0.2, -0.15) is 0 Å². The molecule has 0 amide bonds. The van der Waals surface area contributed by atoms with Crippen LogP contribution in [0.5, 0.6) is 0 Å². The molecule has 0 unspecified atom stereocenters. The highest BCUT2D eigenvalue weighted by Crippen LogP contribution is 2.30. The van der Waals surface area contributed by atoms with Crippen LogP contribution in [0.25, 0.3) is 0 Å². The molecule has 0 saturated carbocycles. The maximum absolute atomic E-state index is 5.24. The van der Waals surface area contributed by atoms with Crippen molar-refractivity contribution in [3.63, 3.8) is 0 Å². The number of rotatable bonds is 2. The Morgan fingerprint density at radius 1 is 1.24 bits per heavy atom. The molecule has 3 rings (SSSR count). The summed E-state index contributed by atoms with van der Waals surface area (Å²) < 4.78 is 5.24. The second-order valence-corrected chi connectivity index (χ2v) is 4.44. The molecule has 3 heteroatoms. The monoisotopic (exact) mass is 226 g/mol. The molecule has 1 aliphatic rings. The molecular weight excluding hydrogens is 212 g/mol. The predicted molar refractivity (Wildman–Crippen MR) is 67.0 cm³/mol. The van der Waals surface area contributed by atoms with Gasteiger partial charge in [-0.25, -0.2) is 4.99 Å². The fraction of sp³-hybridized carbons (Fsp3) is 0.286. The highest BCUT2D eigenvalue weighted by atomic mass is 16.5. The van der Waals surface area contributed by atoms with Crippen LogP contribution in [0.15, 0.2) is 33.8 Å². The van der Waals surface area contributed by atoms with Gasteiger partial charge in [0, 0.05) is 11.8 Å². The summed E-state index contributed by atoms with van der Waals surface area (Å²) in [5.41, 5.74) is 4.61. The summed E-state index contributed by atoms with van der Waals surface area (Å²) in [7, 11) is 0. The number of aryl methyl sites for hydroxylation is 2. The Morgan fingerprint density at radius 2 is 2.06 bits per heavy atom. The van der Waals surface area contributed by atoms with Crippen LogP contribution in [0.1, 0.15) is 28.8 Å². The van der Waals surface area contributed by atoms with Gasteiger partial charge >= 0.3 is 0 Å². The number of hydrogen-bond acceptors (Lipinski definition) is 3. The summed E-state index contributed by atoms with van der Waals surface area (Å²) >= 11 is 0. The molecule has 0 saturated heterocycles. The Balaban J connectivity index is 1.84. The first-order valence-electron chi connectivity index (χ1n) is 5.91. The number of fused-ring (bicyclic) bond motifs is 1. The van der Waals surface area contributed by atoms with Gasteiger partial charge in [-0.1, -0.05) is 35.0 Å². The standard InChI is InChI=1S/C14H14N2O/c1-10-5-7-11(8-6-10)9-15-14-12-3-2-4-13(12)16-17-14/h5-9H,2-4H2,1H3/b15-9-. The first-order chi connectivity index (χ1) is 8.33. The topological polar surface area (TPSA) is 38.4 Å². The SMILES string of the molecule is Cc1ccc(/C=N\c2onc3c2CCC3)cc1. The summed E-state index contributed by atoms with van der Waals surface area (Å²) in [4.78, 5) is 4.38. The van der Waals surface area contributed by atoms with E-state index in [0.717, 1.165) is 24.1 Å². The van der Waals surface area contributed by atoms with Crippen LogP contribution < -0.4 is 0 Å². The van der Waals surface area contributed by atoms with Crippen molar-refractivity contribution >= 4 is 12.1 Å². The quantitative estimate of drug-likeness (QED) is 0.737. The first-order valence-corrected chi connectivity index (χ1v) is 5.91. The molecule has 0 fully saturated rings. The molecule has 0 radical (unpaired) electrons. The molecule has 1 aliphatic carbocycles. The van der Waals surface area contributed by atoms with Crippen LogP contribution in [0, 0.1) is 6.92 Å². The van der Waals surface area contributed by atoms with Crippen molar-refractivity contribution in [2.75, 3.05) is 0 Å². The molecule has 0 bridgehead atoms. The number of benzene rings is 1. The smallest absolute Gasteiger partial charge is 0.253 e. The van der Waals surface area contributed by atoms with Crippen molar-refractivity contribution in [1.82, 2.24) is 5.16 Å². The maximum Gasteiger partial charge on any atom is 0.253 e. The van der Waals surface area contributed by atoms with Crippen molar-refractivity contribution in [2.45, 2.75) is 26.2 Å². The summed E-state index contributed by atoms with van der Waals surface area (Å²) in [6.45, 7) is 2.07. The van der Waals surface area contributed by atoms with E-state index in [2.05, 4.69) is 41.3 Å². The molecule has 86 valence electrons. The fourth-order valence-corrected chi connectivity index (χ4v) is 2.10. The summed E-state index contributed by atoms with van der Waals surface area (Å²) in [6, 6.07) is 8.25. The first kappa shape index (κ1) is 10.3. The molecule has 17 heavy (non-hydrogen) atoms. The van der Waals surface area contributed by atoms with Gasteiger partial charge in [0.2, 0.25) is 0 Å². The van der Waals surface area contributed by atoms with Crippen LogP contribution in [-0.4, -0.2) is 11.4 Å². The third-order valence-corrected chi connectivity index (χ3v) is 3.10. The number of hydrogen-bond donors (Lipinski definition) is 0. The van der Waals surface area contributed by atoms with Crippen LogP contribution in [0.2, 0.25) is 0 Å². The average molecular weight is 226 g/mol. The van der Waals surface area contributed by atoms with Crippen molar-refractivity contribution in [3.05, 3.63) is 46.6 Å². The number of nitrogens with zero attached hydrogens (tertiary/aromatic N) is 2. The van der Waals surface area contributed by atoms with Crippen LogP contribution in [0.4, 0.5) is 5.88 Å². The lowest BCUT2D eigenvalue weighted by atomic mass is 10.2. The van der Waals surface area contributed by atoms with Gasteiger partial charge in [0.05, 0.1) is 5.69 Å². The highest BCUT2D eigenvalue weighted by molar-refractivity contribution is 5.81. The predicted octanol–water partition coefficient (Wildman–Crippen LogP) is 3.22. The van der Waals surface area contributed by atoms with Crippen molar-refractivity contribution in [1.29, 1.82) is 0 Å². The van der Waals surface area contributed by atoms with Crippen molar-refractivity contribution in [2.24, 2.45) is 4.99 Å². The lowest BCUT2D eigenvalue weighted by molar-refractivity contribution is 0.419. The minimum Gasteiger partial charge on any atom is -0.336 e. The number of aromatic nitrogens is 1. The van der Waals surface area contributed by atoms with Gasteiger partial charge < -0.3 is 4.52 Å². The molecule has 1 heterocycles. The molecular formula is C14H14N2O. The van der Waals surface area contributed by atoms with Gasteiger partial charge in [-0.05, 0) is 31.7 Å². The van der Waals surface area contributed by atoms with E-state index in [1.54, 1.807) is 0 Å². The van der Waals surface area contributed by atoms with Gasteiger partial charge in [-0.3, -0.25) is 0 Å². The minimum absolute atomic E-state index is 0.679.